The number of hydrogen-bond acceptors (Lipinski definition) is 5. The number of carbonyl (C=O) groups excluding carboxylic acids is 2. The van der Waals surface area contributed by atoms with Crippen molar-refractivity contribution in [2.75, 3.05) is 11.5 Å². The molecule has 3 aromatic rings. The minimum atomic E-state index is -0.383. The SMILES string of the molecule is CCOC(=O)c1ccc(N(Cc2cccnc2)C(=S)NC(=O)Cc2ccccc2)cc1. The lowest BCUT2D eigenvalue weighted by Crippen LogP contribution is -2.43. The fourth-order valence-electron chi connectivity index (χ4n) is 2.96. The molecule has 6 nitrogen and oxygen atoms in total. The van der Waals surface area contributed by atoms with Crippen molar-refractivity contribution >= 4 is 34.9 Å². The molecule has 0 atom stereocenters. The summed E-state index contributed by atoms with van der Waals surface area (Å²) in [7, 11) is 0. The number of nitrogens with one attached hydrogen (secondary N) is 1. The standard InChI is InChI=1S/C24H23N3O3S/c1-2-30-23(29)20-10-12-21(13-11-20)27(17-19-9-6-14-25-16-19)24(31)26-22(28)15-18-7-4-3-5-8-18/h3-14,16H,2,15,17H2,1H3,(H,26,28,31). The normalized spacial score (nSPS) is 10.2. The number of rotatable bonds is 7. The first-order valence-electron chi connectivity index (χ1n) is 9.88. The average Bonchev–Trinajstić information content (AvgIpc) is 2.79. The van der Waals surface area contributed by atoms with Crippen LogP contribution < -0.4 is 10.2 Å². The number of benzene rings is 2. The van der Waals surface area contributed by atoms with Crippen LogP contribution in [0.4, 0.5) is 5.69 Å². The van der Waals surface area contributed by atoms with Crippen LogP contribution >= 0.6 is 12.2 Å². The Balaban J connectivity index is 1.78. The predicted molar refractivity (Wildman–Crippen MR) is 124 cm³/mol. The van der Waals surface area contributed by atoms with E-state index in [0.29, 0.717) is 18.7 Å². The van der Waals surface area contributed by atoms with Crippen LogP contribution in [0.5, 0.6) is 0 Å². The van der Waals surface area contributed by atoms with Crippen LogP contribution in [-0.2, 0) is 22.5 Å². The summed E-state index contributed by atoms with van der Waals surface area (Å²) >= 11 is 5.56. The summed E-state index contributed by atoms with van der Waals surface area (Å²) in [4.78, 5) is 30.4. The third kappa shape index (κ3) is 6.45. The largest absolute Gasteiger partial charge is 0.462 e. The van der Waals surface area contributed by atoms with Gasteiger partial charge in [-0.1, -0.05) is 36.4 Å². The van der Waals surface area contributed by atoms with Crippen LogP contribution in [-0.4, -0.2) is 28.6 Å². The first-order valence-corrected chi connectivity index (χ1v) is 10.3. The number of aromatic nitrogens is 1. The fourth-order valence-corrected chi connectivity index (χ4v) is 3.24. The number of amides is 1. The molecule has 31 heavy (non-hydrogen) atoms. The molecular formula is C24H23N3O3S. The molecule has 1 aromatic heterocycles. The Hall–Kier alpha value is -3.58. The molecule has 0 bridgehead atoms. The summed E-state index contributed by atoms with van der Waals surface area (Å²) in [6, 6.07) is 20.2. The van der Waals surface area contributed by atoms with E-state index < -0.39 is 0 Å². The van der Waals surface area contributed by atoms with Gasteiger partial charge < -0.3 is 15.0 Å². The van der Waals surface area contributed by atoms with E-state index in [2.05, 4.69) is 10.3 Å². The van der Waals surface area contributed by atoms with Crippen LogP contribution in [0.1, 0.15) is 28.4 Å². The highest BCUT2D eigenvalue weighted by Gasteiger charge is 2.17. The van der Waals surface area contributed by atoms with Gasteiger partial charge in [0.15, 0.2) is 5.11 Å². The summed E-state index contributed by atoms with van der Waals surface area (Å²) in [6.45, 7) is 2.49. The quantitative estimate of drug-likeness (QED) is 0.450. The topological polar surface area (TPSA) is 71.5 Å². The van der Waals surface area contributed by atoms with Gasteiger partial charge in [-0.3, -0.25) is 9.78 Å². The monoisotopic (exact) mass is 433 g/mol. The second-order valence-electron chi connectivity index (χ2n) is 6.73. The van der Waals surface area contributed by atoms with Gasteiger partial charge in [0.2, 0.25) is 5.91 Å². The predicted octanol–water partition coefficient (Wildman–Crippen LogP) is 3.91. The first-order chi connectivity index (χ1) is 15.1. The van der Waals surface area contributed by atoms with Gasteiger partial charge in [0, 0.05) is 18.1 Å². The maximum atomic E-state index is 12.5. The zero-order chi connectivity index (χ0) is 22.1. The number of carbonyl (C=O) groups is 2. The van der Waals surface area contributed by atoms with Crippen LogP contribution in [0, 0.1) is 0 Å². The van der Waals surface area contributed by atoms with Gasteiger partial charge in [0.05, 0.1) is 25.1 Å². The van der Waals surface area contributed by atoms with Crippen molar-refractivity contribution < 1.29 is 14.3 Å². The molecule has 0 radical (unpaired) electrons. The van der Waals surface area contributed by atoms with E-state index in [1.54, 1.807) is 48.5 Å². The molecular weight excluding hydrogens is 410 g/mol. The molecule has 0 aliphatic carbocycles. The Morgan fingerprint density at radius 2 is 1.71 bits per heavy atom. The Bertz CT molecular complexity index is 1020. The molecule has 0 saturated heterocycles. The van der Waals surface area contributed by atoms with Crippen molar-refractivity contribution in [3.05, 3.63) is 95.8 Å². The van der Waals surface area contributed by atoms with E-state index in [0.717, 1.165) is 16.8 Å². The lowest BCUT2D eigenvalue weighted by molar-refractivity contribution is -0.119. The van der Waals surface area contributed by atoms with Crippen molar-refractivity contribution in [1.82, 2.24) is 10.3 Å². The summed E-state index contributed by atoms with van der Waals surface area (Å²) in [6.07, 6.45) is 3.67. The van der Waals surface area contributed by atoms with Crippen LogP contribution in [0.3, 0.4) is 0 Å². The van der Waals surface area contributed by atoms with Crippen molar-refractivity contribution in [2.24, 2.45) is 0 Å². The zero-order valence-corrected chi connectivity index (χ0v) is 18.0. The molecule has 2 aromatic carbocycles. The molecule has 3 rings (SSSR count). The van der Waals surface area contributed by atoms with E-state index in [-0.39, 0.29) is 23.4 Å². The van der Waals surface area contributed by atoms with Crippen molar-refractivity contribution in [2.45, 2.75) is 19.9 Å². The smallest absolute Gasteiger partial charge is 0.338 e. The molecule has 1 N–H and O–H groups in total. The molecule has 0 spiro atoms. The number of hydrogen-bond donors (Lipinski definition) is 1. The van der Waals surface area contributed by atoms with Gasteiger partial charge in [0.25, 0.3) is 0 Å². The Morgan fingerprint density at radius 3 is 2.35 bits per heavy atom. The highest BCUT2D eigenvalue weighted by atomic mass is 32.1. The van der Waals surface area contributed by atoms with Gasteiger partial charge in [-0.25, -0.2) is 4.79 Å². The highest BCUT2D eigenvalue weighted by Crippen LogP contribution is 2.19. The first kappa shape index (κ1) is 22.1. The third-order valence-electron chi connectivity index (χ3n) is 4.45. The number of pyridine rings is 1. The lowest BCUT2D eigenvalue weighted by Gasteiger charge is -2.26. The van der Waals surface area contributed by atoms with Crippen LogP contribution in [0.25, 0.3) is 0 Å². The van der Waals surface area contributed by atoms with E-state index in [4.69, 9.17) is 17.0 Å². The van der Waals surface area contributed by atoms with Crippen molar-refractivity contribution in [3.8, 4) is 0 Å². The summed E-state index contributed by atoms with van der Waals surface area (Å²) in [5, 5.41) is 3.08. The molecule has 0 aliphatic rings. The number of ether oxygens (including phenoxy) is 1. The van der Waals surface area contributed by atoms with Gasteiger partial charge in [-0.2, -0.15) is 0 Å². The van der Waals surface area contributed by atoms with E-state index in [1.165, 1.54) is 0 Å². The van der Waals surface area contributed by atoms with Gasteiger partial charge in [-0.05, 0) is 60.6 Å². The van der Waals surface area contributed by atoms with Crippen LogP contribution in [0.15, 0.2) is 79.1 Å². The highest BCUT2D eigenvalue weighted by molar-refractivity contribution is 7.80. The molecule has 0 saturated carbocycles. The average molecular weight is 434 g/mol. The number of nitrogens with zero attached hydrogens (tertiary/aromatic N) is 2. The summed E-state index contributed by atoms with van der Waals surface area (Å²) in [5.41, 5.74) is 3.02. The Labute approximate surface area is 186 Å². The second-order valence-corrected chi connectivity index (χ2v) is 7.12. The van der Waals surface area contributed by atoms with Crippen molar-refractivity contribution in [1.29, 1.82) is 0 Å². The number of anilines is 1. The van der Waals surface area contributed by atoms with E-state index in [9.17, 15) is 9.59 Å². The summed E-state index contributed by atoms with van der Waals surface area (Å²) in [5.74, 6) is -0.581. The fraction of sp³-hybridized carbons (Fsp3) is 0.167. The minimum Gasteiger partial charge on any atom is -0.462 e. The number of esters is 1. The zero-order valence-electron chi connectivity index (χ0n) is 17.2. The van der Waals surface area contributed by atoms with E-state index >= 15 is 0 Å². The van der Waals surface area contributed by atoms with E-state index in [1.807, 2.05) is 42.5 Å². The number of thiocarbonyl (C=S) groups is 1. The lowest BCUT2D eigenvalue weighted by atomic mass is 10.1. The van der Waals surface area contributed by atoms with Crippen LogP contribution in [0.2, 0.25) is 0 Å². The van der Waals surface area contributed by atoms with Gasteiger partial charge in [0.1, 0.15) is 0 Å². The molecule has 0 unspecified atom stereocenters. The third-order valence-corrected chi connectivity index (χ3v) is 4.78. The Kier molecular flexibility index (Phi) is 7.84. The maximum absolute atomic E-state index is 12.5. The molecule has 0 fully saturated rings. The van der Waals surface area contributed by atoms with Crippen molar-refractivity contribution in [3.63, 3.8) is 0 Å². The molecule has 158 valence electrons. The van der Waals surface area contributed by atoms with Gasteiger partial charge >= 0.3 is 5.97 Å². The van der Waals surface area contributed by atoms with Gasteiger partial charge in [-0.15, -0.1) is 0 Å². The molecule has 1 heterocycles. The molecule has 0 aliphatic heterocycles. The summed E-state index contributed by atoms with van der Waals surface area (Å²) < 4.78 is 5.04. The molecule has 7 heteroatoms. The minimum absolute atomic E-state index is 0.199. The molecule has 1 amide bonds. The maximum Gasteiger partial charge on any atom is 0.338 e. The Morgan fingerprint density at radius 1 is 1.00 bits per heavy atom. The second kappa shape index (κ2) is 11.0.